The molecule has 4 nitrogen and oxygen atoms in total. The van der Waals surface area contributed by atoms with E-state index < -0.39 is 0 Å². The fourth-order valence-corrected chi connectivity index (χ4v) is 3.94. The summed E-state index contributed by atoms with van der Waals surface area (Å²) in [6, 6.07) is 8.89. The average Bonchev–Trinajstić information content (AvgIpc) is 3.08. The Morgan fingerprint density at radius 3 is 2.70 bits per heavy atom. The van der Waals surface area contributed by atoms with Gasteiger partial charge in [0.1, 0.15) is 0 Å². The summed E-state index contributed by atoms with van der Waals surface area (Å²) in [5, 5.41) is 0. The highest BCUT2D eigenvalue weighted by Gasteiger charge is 2.33. The van der Waals surface area contributed by atoms with Gasteiger partial charge in [-0.25, -0.2) is 4.79 Å². The van der Waals surface area contributed by atoms with Gasteiger partial charge in [0.2, 0.25) is 0 Å². The molecule has 126 valence electrons. The molecule has 0 aromatic heterocycles. The molecule has 23 heavy (non-hydrogen) atoms. The third-order valence-electron chi connectivity index (χ3n) is 5.19. The molecular weight excluding hydrogens is 288 g/mol. The Bertz CT molecular complexity index is 540. The van der Waals surface area contributed by atoms with Crippen molar-refractivity contribution in [2.45, 2.75) is 38.7 Å². The predicted molar refractivity (Wildman–Crippen MR) is 91.6 cm³/mol. The van der Waals surface area contributed by atoms with Gasteiger partial charge in [0, 0.05) is 39.2 Å². The van der Waals surface area contributed by atoms with Gasteiger partial charge in [0.05, 0.1) is 6.10 Å². The molecule has 2 atom stereocenters. The van der Waals surface area contributed by atoms with Crippen LogP contribution in [0, 0.1) is 12.8 Å². The van der Waals surface area contributed by atoms with Gasteiger partial charge < -0.3 is 14.5 Å². The standard InChI is InChI=1S/C19H28N2O2/c1-15-6-5-7-16(12-15)13-17-14-21(11-8-18(17)23-2)19(22)20-9-3-4-10-20/h5-7,12,17-18H,3-4,8-11,13-14H2,1-2H3/t17-,18-/m1/s1. The van der Waals surface area contributed by atoms with E-state index in [0.29, 0.717) is 5.92 Å². The molecule has 0 radical (unpaired) electrons. The van der Waals surface area contributed by atoms with Gasteiger partial charge in [-0.1, -0.05) is 29.8 Å². The minimum Gasteiger partial charge on any atom is -0.381 e. The van der Waals surface area contributed by atoms with Crippen molar-refractivity contribution in [3.05, 3.63) is 35.4 Å². The number of amides is 2. The van der Waals surface area contributed by atoms with E-state index in [0.717, 1.165) is 51.9 Å². The topological polar surface area (TPSA) is 32.8 Å². The van der Waals surface area contributed by atoms with Crippen LogP contribution in [0.2, 0.25) is 0 Å². The molecule has 2 saturated heterocycles. The number of hydrogen-bond acceptors (Lipinski definition) is 2. The quantitative estimate of drug-likeness (QED) is 0.858. The van der Waals surface area contributed by atoms with Crippen molar-refractivity contribution < 1.29 is 9.53 Å². The van der Waals surface area contributed by atoms with Gasteiger partial charge in [-0.3, -0.25) is 0 Å². The van der Waals surface area contributed by atoms with Crippen molar-refractivity contribution in [1.29, 1.82) is 0 Å². The lowest BCUT2D eigenvalue weighted by Crippen LogP contribution is -2.51. The Morgan fingerprint density at radius 1 is 1.22 bits per heavy atom. The molecule has 1 aromatic rings. The molecule has 1 aromatic carbocycles. The van der Waals surface area contributed by atoms with Gasteiger partial charge in [0.25, 0.3) is 0 Å². The third kappa shape index (κ3) is 3.86. The molecule has 4 heteroatoms. The van der Waals surface area contributed by atoms with Crippen LogP contribution in [0.1, 0.15) is 30.4 Å². The summed E-state index contributed by atoms with van der Waals surface area (Å²) in [5.74, 6) is 0.377. The van der Waals surface area contributed by atoms with Crippen molar-refractivity contribution in [3.63, 3.8) is 0 Å². The van der Waals surface area contributed by atoms with Crippen molar-refractivity contribution >= 4 is 6.03 Å². The number of urea groups is 1. The number of hydrogen-bond donors (Lipinski definition) is 0. The maximum atomic E-state index is 12.7. The summed E-state index contributed by atoms with van der Waals surface area (Å²) in [7, 11) is 1.80. The minimum absolute atomic E-state index is 0.228. The van der Waals surface area contributed by atoms with Crippen LogP contribution in [0.25, 0.3) is 0 Å². The number of likely N-dealkylation sites (tertiary alicyclic amines) is 2. The van der Waals surface area contributed by atoms with E-state index in [1.807, 2.05) is 9.80 Å². The van der Waals surface area contributed by atoms with Crippen LogP contribution in [0.5, 0.6) is 0 Å². The summed E-state index contributed by atoms with van der Waals surface area (Å²) in [5.41, 5.74) is 2.63. The van der Waals surface area contributed by atoms with Crippen LogP contribution in [-0.2, 0) is 11.2 Å². The lowest BCUT2D eigenvalue weighted by Gasteiger charge is -2.39. The third-order valence-corrected chi connectivity index (χ3v) is 5.19. The largest absolute Gasteiger partial charge is 0.381 e. The molecule has 2 amide bonds. The van der Waals surface area contributed by atoms with E-state index in [9.17, 15) is 4.79 Å². The summed E-state index contributed by atoms with van der Waals surface area (Å²) in [4.78, 5) is 16.7. The normalized spacial score (nSPS) is 25.0. The van der Waals surface area contributed by atoms with E-state index >= 15 is 0 Å². The van der Waals surface area contributed by atoms with Crippen molar-refractivity contribution in [2.75, 3.05) is 33.3 Å². The Labute approximate surface area is 139 Å². The minimum atomic E-state index is 0.228. The number of ether oxygens (including phenoxy) is 1. The fourth-order valence-electron chi connectivity index (χ4n) is 3.94. The summed E-state index contributed by atoms with van der Waals surface area (Å²) < 4.78 is 5.71. The number of benzene rings is 1. The fraction of sp³-hybridized carbons (Fsp3) is 0.632. The molecule has 0 saturated carbocycles. The van der Waals surface area contributed by atoms with E-state index in [1.165, 1.54) is 11.1 Å². The first kappa shape index (κ1) is 16.3. The Kier molecular flexibility index (Phi) is 5.21. The second-order valence-electron chi connectivity index (χ2n) is 6.94. The highest BCUT2D eigenvalue weighted by molar-refractivity contribution is 5.74. The molecular formula is C19H28N2O2. The summed E-state index contributed by atoms with van der Waals surface area (Å²) in [6.07, 6.45) is 4.45. The first-order valence-electron chi connectivity index (χ1n) is 8.79. The van der Waals surface area contributed by atoms with Crippen LogP contribution in [0.3, 0.4) is 0 Å². The molecule has 3 rings (SSSR count). The molecule has 0 bridgehead atoms. The number of methoxy groups -OCH3 is 1. The Morgan fingerprint density at radius 2 is 2.00 bits per heavy atom. The highest BCUT2D eigenvalue weighted by atomic mass is 16.5. The van der Waals surface area contributed by atoms with Gasteiger partial charge in [-0.15, -0.1) is 0 Å². The molecule has 2 heterocycles. The van der Waals surface area contributed by atoms with Crippen LogP contribution in [0.15, 0.2) is 24.3 Å². The number of rotatable bonds is 3. The first-order chi connectivity index (χ1) is 11.2. The summed E-state index contributed by atoms with van der Waals surface area (Å²) >= 11 is 0. The Hall–Kier alpha value is -1.55. The van der Waals surface area contributed by atoms with Crippen molar-refractivity contribution in [3.8, 4) is 0 Å². The number of piperidine rings is 1. The first-order valence-corrected chi connectivity index (χ1v) is 8.79. The molecule has 0 unspecified atom stereocenters. The van der Waals surface area contributed by atoms with Gasteiger partial charge in [-0.2, -0.15) is 0 Å². The number of carbonyl (C=O) groups excluding carboxylic acids is 1. The zero-order valence-electron chi connectivity index (χ0n) is 14.3. The van der Waals surface area contributed by atoms with E-state index in [-0.39, 0.29) is 12.1 Å². The summed E-state index contributed by atoms with van der Waals surface area (Å²) in [6.45, 7) is 5.60. The molecule has 2 fully saturated rings. The second-order valence-corrected chi connectivity index (χ2v) is 6.94. The van der Waals surface area contributed by atoms with Crippen LogP contribution in [-0.4, -0.2) is 55.2 Å². The number of nitrogens with zero attached hydrogens (tertiary/aromatic N) is 2. The van der Waals surface area contributed by atoms with E-state index in [4.69, 9.17) is 4.74 Å². The second kappa shape index (κ2) is 7.35. The SMILES string of the molecule is CO[C@@H]1CCN(C(=O)N2CCCC2)C[C@H]1Cc1cccc(C)c1. The maximum absolute atomic E-state index is 12.7. The smallest absolute Gasteiger partial charge is 0.320 e. The lowest BCUT2D eigenvalue weighted by molar-refractivity contribution is 0.000635. The zero-order chi connectivity index (χ0) is 16.2. The Balaban J connectivity index is 1.67. The van der Waals surface area contributed by atoms with Gasteiger partial charge in [0.15, 0.2) is 0 Å². The van der Waals surface area contributed by atoms with Crippen molar-refractivity contribution in [1.82, 2.24) is 9.80 Å². The maximum Gasteiger partial charge on any atom is 0.320 e. The van der Waals surface area contributed by atoms with E-state index in [1.54, 1.807) is 7.11 Å². The van der Waals surface area contributed by atoms with Crippen LogP contribution < -0.4 is 0 Å². The molecule has 2 aliphatic rings. The molecule has 2 aliphatic heterocycles. The van der Waals surface area contributed by atoms with E-state index in [2.05, 4.69) is 31.2 Å². The molecule has 0 N–H and O–H groups in total. The molecule has 0 spiro atoms. The monoisotopic (exact) mass is 316 g/mol. The zero-order valence-corrected chi connectivity index (χ0v) is 14.3. The molecule has 0 aliphatic carbocycles. The number of carbonyl (C=O) groups is 1. The number of aryl methyl sites for hydroxylation is 1. The average molecular weight is 316 g/mol. The predicted octanol–water partition coefficient (Wildman–Crippen LogP) is 3.09. The van der Waals surface area contributed by atoms with Gasteiger partial charge >= 0.3 is 6.03 Å². The van der Waals surface area contributed by atoms with Gasteiger partial charge in [-0.05, 0) is 38.2 Å². The van der Waals surface area contributed by atoms with Crippen LogP contribution in [0.4, 0.5) is 4.79 Å². The van der Waals surface area contributed by atoms with Crippen molar-refractivity contribution in [2.24, 2.45) is 5.92 Å². The lowest BCUT2D eigenvalue weighted by atomic mass is 9.88. The highest BCUT2D eigenvalue weighted by Crippen LogP contribution is 2.25. The van der Waals surface area contributed by atoms with Crippen LogP contribution >= 0.6 is 0 Å².